The molecule has 0 heterocycles. The third-order valence-corrected chi connectivity index (χ3v) is 2.89. The Morgan fingerprint density at radius 1 is 1.46 bits per heavy atom. The lowest BCUT2D eigenvalue weighted by molar-refractivity contribution is 0.0967. The van der Waals surface area contributed by atoms with Crippen molar-refractivity contribution in [2.75, 3.05) is 0 Å². The summed E-state index contributed by atoms with van der Waals surface area (Å²) in [5.41, 5.74) is 1.72. The van der Waals surface area contributed by atoms with Crippen LogP contribution in [-0.2, 0) is 0 Å². The molecule has 1 aliphatic rings. The summed E-state index contributed by atoms with van der Waals surface area (Å²) in [4.78, 5) is 11.7. The van der Waals surface area contributed by atoms with E-state index in [0.717, 1.165) is 24.0 Å². The van der Waals surface area contributed by atoms with E-state index in [-0.39, 0.29) is 11.7 Å². The number of ketones is 1. The Balaban J connectivity index is 2.38. The van der Waals surface area contributed by atoms with E-state index >= 15 is 0 Å². The second-order valence-corrected chi connectivity index (χ2v) is 3.96. The maximum Gasteiger partial charge on any atom is 0.166 e. The summed E-state index contributed by atoms with van der Waals surface area (Å²) >= 11 is 5.93. The molecule has 2 rings (SSSR count). The molecular weight excluding hydrogens is 184 g/mol. The number of carbonyl (C=O) groups excluding carboxylic acids is 1. The number of hydrogen-bond donors (Lipinski definition) is 0. The molecule has 0 bridgehead atoms. The van der Waals surface area contributed by atoms with Crippen LogP contribution in [0.3, 0.4) is 0 Å². The average molecular weight is 195 g/mol. The van der Waals surface area contributed by atoms with Crippen molar-refractivity contribution in [3.8, 4) is 0 Å². The van der Waals surface area contributed by atoms with Gasteiger partial charge < -0.3 is 0 Å². The molecule has 0 radical (unpaired) electrons. The fourth-order valence-corrected chi connectivity index (χ4v) is 1.61. The van der Waals surface area contributed by atoms with Crippen LogP contribution in [0.15, 0.2) is 18.2 Å². The van der Waals surface area contributed by atoms with Crippen molar-refractivity contribution >= 4 is 17.4 Å². The molecule has 1 aromatic carbocycles. The van der Waals surface area contributed by atoms with E-state index < -0.39 is 0 Å². The third-order valence-electron chi connectivity index (χ3n) is 2.48. The molecule has 0 atom stereocenters. The molecule has 1 saturated carbocycles. The van der Waals surface area contributed by atoms with Crippen molar-refractivity contribution in [1.82, 2.24) is 0 Å². The van der Waals surface area contributed by atoms with Crippen LogP contribution in [-0.4, -0.2) is 5.78 Å². The highest BCUT2D eigenvalue weighted by Crippen LogP contribution is 2.34. The summed E-state index contributed by atoms with van der Waals surface area (Å²) < 4.78 is 0. The lowest BCUT2D eigenvalue weighted by Crippen LogP contribution is -2.03. The molecule has 0 N–H and O–H groups in total. The number of carbonyl (C=O) groups is 1. The maximum atomic E-state index is 11.7. The first-order chi connectivity index (χ1) is 6.20. The SMILES string of the molecule is Cc1c(Cl)cccc1C(=O)C1CC1. The second-order valence-electron chi connectivity index (χ2n) is 3.55. The van der Waals surface area contributed by atoms with E-state index in [0.29, 0.717) is 5.02 Å². The van der Waals surface area contributed by atoms with Crippen LogP contribution in [0.4, 0.5) is 0 Å². The van der Waals surface area contributed by atoms with E-state index in [9.17, 15) is 4.79 Å². The molecule has 0 aromatic heterocycles. The molecule has 0 saturated heterocycles. The van der Waals surface area contributed by atoms with Crippen molar-refractivity contribution in [2.24, 2.45) is 5.92 Å². The minimum absolute atomic E-state index is 0.264. The Morgan fingerprint density at radius 3 is 2.77 bits per heavy atom. The standard InChI is InChI=1S/C11H11ClO/c1-7-9(3-2-4-10(7)12)11(13)8-5-6-8/h2-4,8H,5-6H2,1H3. The molecule has 1 fully saturated rings. The smallest absolute Gasteiger partial charge is 0.166 e. The van der Waals surface area contributed by atoms with Gasteiger partial charge in [-0.05, 0) is 31.4 Å². The quantitative estimate of drug-likeness (QED) is 0.661. The monoisotopic (exact) mass is 194 g/mol. The van der Waals surface area contributed by atoms with Gasteiger partial charge in [0.1, 0.15) is 0 Å². The zero-order chi connectivity index (χ0) is 9.42. The Kier molecular flexibility index (Phi) is 2.12. The van der Waals surface area contributed by atoms with Crippen molar-refractivity contribution in [3.63, 3.8) is 0 Å². The van der Waals surface area contributed by atoms with Crippen LogP contribution in [0.2, 0.25) is 5.02 Å². The first-order valence-electron chi connectivity index (χ1n) is 4.49. The van der Waals surface area contributed by atoms with Crippen LogP contribution >= 0.6 is 11.6 Å². The molecule has 2 heteroatoms. The van der Waals surface area contributed by atoms with Crippen LogP contribution in [0.5, 0.6) is 0 Å². The van der Waals surface area contributed by atoms with Crippen molar-refractivity contribution in [2.45, 2.75) is 19.8 Å². The maximum absolute atomic E-state index is 11.7. The van der Waals surface area contributed by atoms with Gasteiger partial charge in [-0.1, -0.05) is 23.7 Å². The van der Waals surface area contributed by atoms with Crippen LogP contribution < -0.4 is 0 Å². The minimum atomic E-state index is 0.264. The first-order valence-corrected chi connectivity index (χ1v) is 4.87. The average Bonchev–Trinajstić information content (AvgIpc) is 2.91. The van der Waals surface area contributed by atoms with E-state index in [1.165, 1.54) is 0 Å². The minimum Gasteiger partial charge on any atom is -0.294 e. The van der Waals surface area contributed by atoms with Gasteiger partial charge in [0.05, 0.1) is 0 Å². The van der Waals surface area contributed by atoms with Gasteiger partial charge >= 0.3 is 0 Å². The molecule has 1 aromatic rings. The predicted octanol–water partition coefficient (Wildman–Crippen LogP) is 3.24. The fraction of sp³-hybridized carbons (Fsp3) is 0.364. The number of Topliss-reactive ketones (excluding diaryl/α,β-unsaturated/α-hetero) is 1. The fourth-order valence-electron chi connectivity index (χ4n) is 1.44. The molecule has 0 aliphatic heterocycles. The van der Waals surface area contributed by atoms with Gasteiger partial charge in [0.2, 0.25) is 0 Å². The van der Waals surface area contributed by atoms with Crippen LogP contribution in [0.25, 0.3) is 0 Å². The highest BCUT2D eigenvalue weighted by atomic mass is 35.5. The van der Waals surface area contributed by atoms with Crippen molar-refractivity contribution in [1.29, 1.82) is 0 Å². The number of hydrogen-bond acceptors (Lipinski definition) is 1. The summed E-state index contributed by atoms with van der Waals surface area (Å²) in [6.07, 6.45) is 2.09. The Hall–Kier alpha value is -0.820. The Morgan fingerprint density at radius 2 is 2.15 bits per heavy atom. The lowest BCUT2D eigenvalue weighted by Gasteiger charge is -2.04. The molecular formula is C11H11ClO. The largest absolute Gasteiger partial charge is 0.294 e. The lowest BCUT2D eigenvalue weighted by atomic mass is 10.0. The summed E-state index contributed by atoms with van der Waals surface area (Å²) in [6.45, 7) is 1.90. The van der Waals surface area contributed by atoms with Gasteiger partial charge in [-0.15, -0.1) is 0 Å². The molecule has 1 nitrogen and oxygen atoms in total. The second kappa shape index (κ2) is 3.15. The predicted molar refractivity (Wildman–Crippen MR) is 53.2 cm³/mol. The van der Waals surface area contributed by atoms with Gasteiger partial charge in [-0.2, -0.15) is 0 Å². The number of rotatable bonds is 2. The molecule has 13 heavy (non-hydrogen) atoms. The molecule has 0 spiro atoms. The first kappa shape index (κ1) is 8.76. The third kappa shape index (κ3) is 1.61. The topological polar surface area (TPSA) is 17.1 Å². The van der Waals surface area contributed by atoms with Gasteiger partial charge in [0, 0.05) is 16.5 Å². The van der Waals surface area contributed by atoms with E-state index in [4.69, 9.17) is 11.6 Å². The highest BCUT2D eigenvalue weighted by molar-refractivity contribution is 6.31. The number of halogens is 1. The molecule has 1 aliphatic carbocycles. The Labute approximate surface area is 82.7 Å². The van der Waals surface area contributed by atoms with Gasteiger partial charge in [0.15, 0.2) is 5.78 Å². The van der Waals surface area contributed by atoms with Gasteiger partial charge in [0.25, 0.3) is 0 Å². The highest BCUT2D eigenvalue weighted by Gasteiger charge is 2.31. The van der Waals surface area contributed by atoms with E-state index in [1.54, 1.807) is 0 Å². The zero-order valence-corrected chi connectivity index (χ0v) is 8.27. The van der Waals surface area contributed by atoms with E-state index in [1.807, 2.05) is 25.1 Å². The summed E-state index contributed by atoms with van der Waals surface area (Å²) in [6, 6.07) is 5.52. The molecule has 0 unspecified atom stereocenters. The van der Waals surface area contributed by atoms with Crippen LogP contribution in [0, 0.1) is 12.8 Å². The summed E-state index contributed by atoms with van der Waals surface area (Å²) in [5, 5.41) is 0.687. The van der Waals surface area contributed by atoms with E-state index in [2.05, 4.69) is 0 Å². The summed E-state index contributed by atoms with van der Waals surface area (Å²) in [5.74, 6) is 0.539. The van der Waals surface area contributed by atoms with Crippen molar-refractivity contribution in [3.05, 3.63) is 34.3 Å². The molecule has 68 valence electrons. The molecule has 0 amide bonds. The Bertz CT molecular complexity index is 353. The summed E-state index contributed by atoms with van der Waals surface area (Å²) in [7, 11) is 0. The van der Waals surface area contributed by atoms with Crippen molar-refractivity contribution < 1.29 is 4.79 Å². The zero-order valence-electron chi connectivity index (χ0n) is 7.51. The normalized spacial score (nSPS) is 15.8. The van der Waals surface area contributed by atoms with Crippen LogP contribution in [0.1, 0.15) is 28.8 Å². The van der Waals surface area contributed by atoms with Gasteiger partial charge in [-0.25, -0.2) is 0 Å². The van der Waals surface area contributed by atoms with Gasteiger partial charge in [-0.3, -0.25) is 4.79 Å². The number of benzene rings is 1.